The Hall–Kier alpha value is -2.87. The first kappa shape index (κ1) is 32.1. The highest BCUT2D eigenvalue weighted by Gasteiger charge is 2.82. The van der Waals surface area contributed by atoms with E-state index < -0.39 is 88.5 Å². The molecule has 11 atom stereocenters. The first-order valence-corrected chi connectivity index (χ1v) is 15.3. The summed E-state index contributed by atoms with van der Waals surface area (Å²) in [6.07, 6.45) is -7.42. The number of fused-ring (bicyclic) bond motifs is 3. The zero-order valence-electron chi connectivity index (χ0n) is 26.6. The van der Waals surface area contributed by atoms with Gasteiger partial charge in [-0.3, -0.25) is 9.59 Å². The third-order valence-electron chi connectivity index (χ3n) is 11.0. The Balaban J connectivity index is 1.67. The Kier molecular flexibility index (Phi) is 7.36. The molecule has 2 bridgehead atoms. The molecule has 246 valence electrons. The fourth-order valence-electron chi connectivity index (χ4n) is 9.18. The van der Waals surface area contributed by atoms with Gasteiger partial charge < -0.3 is 43.7 Å². The van der Waals surface area contributed by atoms with E-state index in [0.717, 1.165) is 0 Å². The molecule has 1 spiro atoms. The van der Waals surface area contributed by atoms with Crippen molar-refractivity contribution in [3.8, 4) is 0 Å². The van der Waals surface area contributed by atoms with E-state index in [2.05, 4.69) is 0 Å². The Morgan fingerprint density at radius 1 is 0.978 bits per heavy atom. The fraction of sp³-hybridized carbons (Fsp3) is 0.667. The van der Waals surface area contributed by atoms with Gasteiger partial charge in [-0.1, -0.05) is 25.1 Å². The van der Waals surface area contributed by atoms with Crippen LogP contribution in [-0.2, 0) is 38.0 Å². The summed E-state index contributed by atoms with van der Waals surface area (Å²) in [6.45, 7) is 10.5. The number of carbonyl (C=O) groups is 3. The van der Waals surface area contributed by atoms with Crippen LogP contribution >= 0.6 is 0 Å². The van der Waals surface area contributed by atoms with E-state index in [1.807, 2.05) is 0 Å². The summed E-state index contributed by atoms with van der Waals surface area (Å²) in [5.41, 5.74) is -5.19. The number of aliphatic hydroxyl groups excluding tert-OH is 2. The number of aliphatic hydroxyl groups is 3. The lowest BCUT2D eigenvalue weighted by molar-refractivity contribution is -0.435. The zero-order valence-corrected chi connectivity index (χ0v) is 26.6. The molecule has 0 aromatic heterocycles. The van der Waals surface area contributed by atoms with Crippen LogP contribution < -0.4 is 0 Å². The van der Waals surface area contributed by atoms with Crippen molar-refractivity contribution in [2.75, 3.05) is 6.61 Å². The van der Waals surface area contributed by atoms with Crippen molar-refractivity contribution < 1.29 is 58.1 Å². The Labute approximate surface area is 261 Å². The topological polar surface area (TPSA) is 167 Å². The normalized spacial score (nSPS) is 43.6. The number of esters is 3. The Morgan fingerprint density at radius 3 is 2.20 bits per heavy atom. The van der Waals surface area contributed by atoms with E-state index in [1.54, 1.807) is 65.0 Å². The summed E-state index contributed by atoms with van der Waals surface area (Å²) in [4.78, 5) is 39.0. The third-order valence-corrected chi connectivity index (χ3v) is 11.0. The molecule has 12 nitrogen and oxygen atoms in total. The molecule has 5 aliphatic rings. The molecule has 2 heterocycles. The molecule has 2 aliphatic heterocycles. The van der Waals surface area contributed by atoms with Crippen molar-refractivity contribution in [2.45, 2.75) is 115 Å². The maximum atomic E-state index is 13.8. The second-order valence-corrected chi connectivity index (χ2v) is 14.0. The minimum atomic E-state index is -1.66. The quantitative estimate of drug-likeness (QED) is 0.247. The van der Waals surface area contributed by atoms with Gasteiger partial charge in [-0.25, -0.2) is 4.79 Å². The van der Waals surface area contributed by atoms with Crippen LogP contribution in [0.4, 0.5) is 0 Å². The van der Waals surface area contributed by atoms with Crippen molar-refractivity contribution in [3.63, 3.8) is 0 Å². The molecular weight excluding hydrogens is 588 g/mol. The fourth-order valence-corrected chi connectivity index (χ4v) is 9.18. The van der Waals surface area contributed by atoms with Gasteiger partial charge in [0.15, 0.2) is 0 Å². The van der Waals surface area contributed by atoms with E-state index in [0.29, 0.717) is 5.57 Å². The van der Waals surface area contributed by atoms with Crippen LogP contribution in [0.3, 0.4) is 0 Å². The van der Waals surface area contributed by atoms with Crippen LogP contribution in [0.5, 0.6) is 0 Å². The standard InChI is InChI=1S/C33H42O12/c1-16-20(36)14-32(29(4,5)39)23(16)24(37)26(43-28(38)19-11-9-8-10-12-19)30(6)21(41-17(2)34)13-22(42-18(3)35)33-15-40-31(7,45-33)44-27(32)25(30)33/h8-12,20-22,24-27,36-37,39H,13-15H2,1-7H3/t20-,21-,22-,24+,25-,26-,27-,30+,31?,32-,33-/m0/s1. The molecule has 3 N–H and O–H groups in total. The lowest BCUT2D eigenvalue weighted by Gasteiger charge is -2.63. The molecule has 2 saturated carbocycles. The van der Waals surface area contributed by atoms with E-state index in [4.69, 9.17) is 28.4 Å². The van der Waals surface area contributed by atoms with Gasteiger partial charge in [0, 0.05) is 33.1 Å². The largest absolute Gasteiger partial charge is 0.462 e. The average Bonchev–Trinajstić information content (AvgIpc) is 3.36. The van der Waals surface area contributed by atoms with Gasteiger partial charge in [0.2, 0.25) is 0 Å². The van der Waals surface area contributed by atoms with E-state index in [-0.39, 0.29) is 30.6 Å². The highest BCUT2D eigenvalue weighted by Crippen LogP contribution is 2.70. The molecule has 6 rings (SSSR count). The summed E-state index contributed by atoms with van der Waals surface area (Å²) in [5.74, 6) is -4.65. The molecule has 2 saturated heterocycles. The summed E-state index contributed by atoms with van der Waals surface area (Å²) in [5, 5.41) is 36.0. The van der Waals surface area contributed by atoms with E-state index >= 15 is 0 Å². The van der Waals surface area contributed by atoms with Crippen LogP contribution in [0.15, 0.2) is 41.5 Å². The predicted octanol–water partition coefficient (Wildman–Crippen LogP) is 2.17. The smallest absolute Gasteiger partial charge is 0.338 e. The summed E-state index contributed by atoms with van der Waals surface area (Å²) in [6, 6.07) is 8.26. The molecule has 1 aromatic rings. The minimum Gasteiger partial charge on any atom is -0.462 e. The van der Waals surface area contributed by atoms with Crippen LogP contribution in [0, 0.1) is 16.7 Å². The molecule has 12 heteroatoms. The molecule has 1 aromatic carbocycles. The summed E-state index contributed by atoms with van der Waals surface area (Å²) in [7, 11) is 0. The first-order chi connectivity index (χ1) is 20.9. The molecule has 45 heavy (non-hydrogen) atoms. The van der Waals surface area contributed by atoms with E-state index in [1.165, 1.54) is 13.8 Å². The maximum Gasteiger partial charge on any atom is 0.338 e. The van der Waals surface area contributed by atoms with Crippen molar-refractivity contribution in [1.29, 1.82) is 0 Å². The summed E-state index contributed by atoms with van der Waals surface area (Å²) < 4.78 is 37.6. The van der Waals surface area contributed by atoms with Gasteiger partial charge in [0.05, 0.1) is 40.8 Å². The average molecular weight is 631 g/mol. The van der Waals surface area contributed by atoms with Gasteiger partial charge >= 0.3 is 17.9 Å². The number of hydrogen-bond donors (Lipinski definition) is 3. The lowest BCUT2D eigenvalue weighted by atomic mass is 9.50. The highest BCUT2D eigenvalue weighted by molar-refractivity contribution is 5.89. The maximum absolute atomic E-state index is 13.8. The lowest BCUT2D eigenvalue weighted by Crippen LogP contribution is -2.76. The SMILES string of the molecule is CC(=O)O[C@H]1C[C@H](OC(C)=O)[C@]2(C)[C@@H]3[C@H](OC4(C)OC[C@]13O4)[C@]1(C(C)(C)O)C[C@H](O)C(C)=C1[C@@H](O)[C@@H]2OC(=O)c1ccccc1. The number of carbonyl (C=O) groups excluding carboxylic acids is 3. The van der Waals surface area contributed by atoms with Gasteiger partial charge in [0.1, 0.15) is 30.0 Å². The van der Waals surface area contributed by atoms with E-state index in [9.17, 15) is 29.7 Å². The highest BCUT2D eigenvalue weighted by atomic mass is 16.9. The molecule has 0 radical (unpaired) electrons. The van der Waals surface area contributed by atoms with Crippen LogP contribution in [0.1, 0.15) is 71.7 Å². The third kappa shape index (κ3) is 4.44. The number of ether oxygens (including phenoxy) is 6. The first-order valence-electron chi connectivity index (χ1n) is 15.3. The Morgan fingerprint density at radius 2 is 1.60 bits per heavy atom. The van der Waals surface area contributed by atoms with Crippen LogP contribution in [-0.4, -0.2) is 93.6 Å². The van der Waals surface area contributed by atoms with Gasteiger partial charge in [0.25, 0.3) is 5.97 Å². The second-order valence-electron chi connectivity index (χ2n) is 14.0. The molecule has 3 aliphatic carbocycles. The molecule has 4 fully saturated rings. The minimum absolute atomic E-state index is 0.0477. The monoisotopic (exact) mass is 630 g/mol. The zero-order chi connectivity index (χ0) is 32.9. The summed E-state index contributed by atoms with van der Waals surface area (Å²) >= 11 is 0. The molecule has 1 unspecified atom stereocenters. The van der Waals surface area contributed by atoms with Gasteiger partial charge in [-0.05, 0) is 50.5 Å². The van der Waals surface area contributed by atoms with Crippen molar-refractivity contribution in [1.82, 2.24) is 0 Å². The van der Waals surface area contributed by atoms with Crippen LogP contribution in [0.2, 0.25) is 0 Å². The van der Waals surface area contributed by atoms with Gasteiger partial charge in [-0.2, -0.15) is 0 Å². The number of benzene rings is 1. The molecular formula is C33H42O12. The van der Waals surface area contributed by atoms with Crippen molar-refractivity contribution in [3.05, 3.63) is 47.0 Å². The van der Waals surface area contributed by atoms with Crippen LogP contribution in [0.25, 0.3) is 0 Å². The predicted molar refractivity (Wildman–Crippen MR) is 154 cm³/mol. The molecule has 0 amide bonds. The number of hydrogen-bond acceptors (Lipinski definition) is 12. The van der Waals surface area contributed by atoms with Gasteiger partial charge in [-0.15, -0.1) is 0 Å². The van der Waals surface area contributed by atoms with Crippen molar-refractivity contribution >= 4 is 17.9 Å². The number of rotatable bonds is 5. The Bertz CT molecular complexity index is 1430. The second kappa shape index (κ2) is 10.3. The van der Waals surface area contributed by atoms with Crippen molar-refractivity contribution in [2.24, 2.45) is 16.7 Å².